The first-order valence-corrected chi connectivity index (χ1v) is 4.53. The average Bonchev–Trinajstić information content (AvgIpc) is 2.58. The minimum atomic E-state index is -0.296. The van der Waals surface area contributed by atoms with E-state index in [4.69, 9.17) is 0 Å². The van der Waals surface area contributed by atoms with Crippen molar-refractivity contribution in [3.05, 3.63) is 23.8 Å². The van der Waals surface area contributed by atoms with Gasteiger partial charge in [0, 0.05) is 0 Å². The summed E-state index contributed by atoms with van der Waals surface area (Å²) >= 11 is 0. The number of ether oxygens (including phenoxy) is 1. The van der Waals surface area contributed by atoms with E-state index in [9.17, 15) is 4.79 Å². The van der Waals surface area contributed by atoms with Gasteiger partial charge in [0.2, 0.25) is 0 Å². The molecule has 1 N–H and O–H groups in total. The molecule has 1 aliphatic heterocycles. The molecule has 1 fully saturated rings. The third kappa shape index (κ3) is 4.35. The van der Waals surface area contributed by atoms with Gasteiger partial charge in [0.05, 0.1) is 6.54 Å². The van der Waals surface area contributed by atoms with E-state index in [0.717, 1.165) is 0 Å². The molecule has 2 rings (SSSR count). The Morgan fingerprint density at radius 3 is 2.54 bits per heavy atom. The summed E-state index contributed by atoms with van der Waals surface area (Å²) in [6.45, 7) is 3.33. The van der Waals surface area contributed by atoms with Gasteiger partial charge in [0.25, 0.3) is 0 Å². The number of rotatable bonds is 0. The van der Waals surface area contributed by atoms with Gasteiger partial charge >= 0.3 is 6.09 Å². The van der Waals surface area contributed by atoms with Gasteiger partial charge in [-0.2, -0.15) is 0 Å². The van der Waals surface area contributed by atoms with Crippen LogP contribution in [0.15, 0.2) is 23.8 Å². The minimum Gasteiger partial charge on any atom is -0.448 e. The largest absolute Gasteiger partial charge is 0.448 e. The number of nitrogens with one attached hydrogen (secondary N) is 1. The zero-order valence-electron chi connectivity index (χ0n) is 7.88. The SMILES string of the molecule is CC1=CCCC=C1.O=C1NCCO1. The second-order valence-corrected chi connectivity index (χ2v) is 2.99. The number of carbonyl (C=O) groups excluding carboxylic acids is 1. The zero-order chi connectivity index (χ0) is 9.52. The van der Waals surface area contributed by atoms with Crippen molar-refractivity contribution in [3.8, 4) is 0 Å². The Bertz CT molecular complexity index is 223. The summed E-state index contributed by atoms with van der Waals surface area (Å²) in [5.41, 5.74) is 1.41. The Morgan fingerprint density at radius 2 is 2.31 bits per heavy atom. The van der Waals surface area contributed by atoms with Gasteiger partial charge in [0.1, 0.15) is 6.61 Å². The lowest BCUT2D eigenvalue weighted by Gasteiger charge is -1.96. The summed E-state index contributed by atoms with van der Waals surface area (Å²) in [6.07, 6.45) is 8.83. The Morgan fingerprint density at radius 1 is 1.46 bits per heavy atom. The first kappa shape index (κ1) is 9.84. The van der Waals surface area contributed by atoms with Gasteiger partial charge in [-0.3, -0.25) is 0 Å². The van der Waals surface area contributed by atoms with E-state index in [1.54, 1.807) is 0 Å². The maximum atomic E-state index is 9.91. The van der Waals surface area contributed by atoms with Crippen LogP contribution < -0.4 is 5.32 Å². The summed E-state index contributed by atoms with van der Waals surface area (Å²) in [7, 11) is 0. The van der Waals surface area contributed by atoms with Crippen LogP contribution in [-0.2, 0) is 4.74 Å². The van der Waals surface area contributed by atoms with Crippen molar-refractivity contribution in [1.82, 2.24) is 5.32 Å². The first-order valence-electron chi connectivity index (χ1n) is 4.53. The molecule has 0 aromatic heterocycles. The molecule has 1 saturated heterocycles. The summed E-state index contributed by atoms with van der Waals surface area (Å²) < 4.78 is 4.40. The Kier molecular flexibility index (Phi) is 4.09. The number of allylic oxidation sites excluding steroid dienone is 4. The van der Waals surface area contributed by atoms with Crippen molar-refractivity contribution in [2.45, 2.75) is 19.8 Å². The van der Waals surface area contributed by atoms with E-state index in [2.05, 4.69) is 35.2 Å². The fourth-order valence-corrected chi connectivity index (χ4v) is 1.09. The molecule has 2 aliphatic rings. The minimum absolute atomic E-state index is 0.296. The number of carbonyl (C=O) groups is 1. The number of alkyl carbamates (subject to hydrolysis) is 1. The normalized spacial score (nSPS) is 19.5. The first-order chi connectivity index (χ1) is 6.29. The molecule has 0 radical (unpaired) electrons. The standard InChI is InChI=1S/C7H10.C3H5NO2/c1-7-5-3-2-4-6-7;5-3-4-1-2-6-3/h3,5-6H,2,4H2,1H3;1-2H2,(H,4,5). The van der Waals surface area contributed by atoms with E-state index >= 15 is 0 Å². The lowest BCUT2D eigenvalue weighted by atomic mass is 10.1. The van der Waals surface area contributed by atoms with E-state index in [1.165, 1.54) is 18.4 Å². The van der Waals surface area contributed by atoms with Crippen molar-refractivity contribution in [2.75, 3.05) is 13.2 Å². The Balaban J connectivity index is 0.000000132. The van der Waals surface area contributed by atoms with Crippen molar-refractivity contribution in [2.24, 2.45) is 0 Å². The predicted molar refractivity (Wildman–Crippen MR) is 51.5 cm³/mol. The zero-order valence-corrected chi connectivity index (χ0v) is 7.88. The Labute approximate surface area is 78.5 Å². The molecule has 1 amide bonds. The van der Waals surface area contributed by atoms with Gasteiger partial charge in [-0.1, -0.05) is 23.8 Å². The van der Waals surface area contributed by atoms with E-state index in [0.29, 0.717) is 13.2 Å². The fourth-order valence-electron chi connectivity index (χ4n) is 1.09. The quantitative estimate of drug-likeness (QED) is 0.620. The van der Waals surface area contributed by atoms with Gasteiger partial charge in [0.15, 0.2) is 0 Å². The Hall–Kier alpha value is -1.25. The lowest BCUT2D eigenvalue weighted by Crippen LogP contribution is -2.11. The second kappa shape index (κ2) is 5.41. The van der Waals surface area contributed by atoms with E-state index < -0.39 is 0 Å². The molecule has 0 atom stereocenters. The highest BCUT2D eigenvalue weighted by Gasteiger charge is 2.06. The molecule has 0 spiro atoms. The van der Waals surface area contributed by atoms with Crippen LogP contribution in [0.25, 0.3) is 0 Å². The van der Waals surface area contributed by atoms with E-state index in [1.807, 2.05) is 0 Å². The molecule has 13 heavy (non-hydrogen) atoms. The van der Waals surface area contributed by atoms with Crippen LogP contribution >= 0.6 is 0 Å². The summed E-state index contributed by atoms with van der Waals surface area (Å²) in [4.78, 5) is 9.91. The highest BCUT2D eigenvalue weighted by Crippen LogP contribution is 2.06. The smallest absolute Gasteiger partial charge is 0.407 e. The molecule has 72 valence electrons. The van der Waals surface area contributed by atoms with Crippen molar-refractivity contribution in [1.29, 1.82) is 0 Å². The molecule has 3 heteroatoms. The summed E-state index contributed by atoms with van der Waals surface area (Å²) in [5, 5.41) is 2.46. The van der Waals surface area contributed by atoms with Crippen LogP contribution in [0.5, 0.6) is 0 Å². The van der Waals surface area contributed by atoms with Crippen LogP contribution in [0, 0.1) is 0 Å². The third-order valence-electron chi connectivity index (χ3n) is 1.78. The fraction of sp³-hybridized carbons (Fsp3) is 0.500. The molecular weight excluding hydrogens is 166 g/mol. The van der Waals surface area contributed by atoms with Crippen molar-refractivity contribution in [3.63, 3.8) is 0 Å². The highest BCUT2D eigenvalue weighted by molar-refractivity contribution is 5.68. The van der Waals surface area contributed by atoms with Gasteiger partial charge in [-0.15, -0.1) is 0 Å². The molecule has 0 unspecified atom stereocenters. The lowest BCUT2D eigenvalue weighted by molar-refractivity contribution is 0.178. The third-order valence-corrected chi connectivity index (χ3v) is 1.78. The van der Waals surface area contributed by atoms with Crippen LogP contribution in [0.2, 0.25) is 0 Å². The van der Waals surface area contributed by atoms with Gasteiger partial charge in [-0.05, 0) is 19.8 Å². The second-order valence-electron chi connectivity index (χ2n) is 2.99. The van der Waals surface area contributed by atoms with Crippen LogP contribution in [0.4, 0.5) is 4.79 Å². The van der Waals surface area contributed by atoms with Crippen LogP contribution in [0.1, 0.15) is 19.8 Å². The number of hydrogen-bond donors (Lipinski definition) is 1. The molecule has 0 saturated carbocycles. The van der Waals surface area contributed by atoms with Crippen molar-refractivity contribution < 1.29 is 9.53 Å². The maximum absolute atomic E-state index is 9.91. The molecule has 1 aliphatic carbocycles. The van der Waals surface area contributed by atoms with Crippen LogP contribution in [0.3, 0.4) is 0 Å². The highest BCUT2D eigenvalue weighted by atomic mass is 16.6. The summed E-state index contributed by atoms with van der Waals surface area (Å²) in [5.74, 6) is 0. The molecule has 0 bridgehead atoms. The molecular formula is C10H15NO2. The van der Waals surface area contributed by atoms with Gasteiger partial charge in [-0.25, -0.2) is 4.79 Å². The van der Waals surface area contributed by atoms with Crippen molar-refractivity contribution >= 4 is 6.09 Å². The molecule has 0 aromatic carbocycles. The molecule has 0 aromatic rings. The average molecular weight is 181 g/mol. The van der Waals surface area contributed by atoms with Gasteiger partial charge < -0.3 is 10.1 Å². The van der Waals surface area contributed by atoms with Crippen LogP contribution in [-0.4, -0.2) is 19.2 Å². The topological polar surface area (TPSA) is 38.3 Å². The number of hydrogen-bond acceptors (Lipinski definition) is 2. The monoisotopic (exact) mass is 181 g/mol. The molecule has 3 nitrogen and oxygen atoms in total. The summed E-state index contributed by atoms with van der Waals surface area (Å²) in [6, 6.07) is 0. The maximum Gasteiger partial charge on any atom is 0.407 e. The van der Waals surface area contributed by atoms with E-state index in [-0.39, 0.29) is 6.09 Å². The molecule has 1 heterocycles. The predicted octanol–water partition coefficient (Wildman–Crippen LogP) is 2.01. The number of cyclic esters (lactones) is 1. The number of amides is 1.